The Kier molecular flexibility index (Phi) is 4.51. The number of halogens is 2. The van der Waals surface area contributed by atoms with E-state index < -0.39 is 0 Å². The molecule has 1 heterocycles. The summed E-state index contributed by atoms with van der Waals surface area (Å²) in [5.74, 6) is 0.497. The first-order valence-corrected chi connectivity index (χ1v) is 7.31. The van der Waals surface area contributed by atoms with Crippen LogP contribution in [0.1, 0.15) is 29.6 Å². The average molecular weight is 333 g/mol. The highest BCUT2D eigenvalue weighted by Crippen LogP contribution is 2.26. The average Bonchev–Trinajstić information content (AvgIpc) is 2.41. The van der Waals surface area contributed by atoms with Gasteiger partial charge < -0.3 is 10.0 Å². The Hall–Kier alpha value is -0.740. The van der Waals surface area contributed by atoms with Crippen LogP contribution in [0.5, 0.6) is 5.75 Å². The summed E-state index contributed by atoms with van der Waals surface area (Å²) in [5.41, 5.74) is 0.507. The lowest BCUT2D eigenvalue weighted by atomic mass is 10.0. The molecule has 1 amide bonds. The molecule has 1 aliphatic rings. The van der Waals surface area contributed by atoms with E-state index in [0.717, 1.165) is 25.8 Å². The van der Waals surface area contributed by atoms with Gasteiger partial charge in [-0.15, -0.1) is 11.6 Å². The molecule has 0 aromatic heterocycles. The van der Waals surface area contributed by atoms with Crippen LogP contribution in [0.4, 0.5) is 0 Å². The quantitative estimate of drug-likeness (QED) is 0.843. The van der Waals surface area contributed by atoms with Crippen LogP contribution in [0.3, 0.4) is 0 Å². The molecule has 1 saturated heterocycles. The Bertz CT molecular complexity index is 453. The van der Waals surface area contributed by atoms with E-state index in [-0.39, 0.29) is 17.7 Å². The number of hydrogen-bond acceptors (Lipinski definition) is 2. The van der Waals surface area contributed by atoms with Gasteiger partial charge in [0.05, 0.1) is 4.47 Å². The van der Waals surface area contributed by atoms with Gasteiger partial charge in [-0.05, 0) is 53.4 Å². The molecule has 1 N–H and O–H groups in total. The zero-order valence-electron chi connectivity index (χ0n) is 9.90. The Labute approximate surface area is 120 Å². The van der Waals surface area contributed by atoms with E-state index in [1.54, 1.807) is 12.1 Å². The lowest BCUT2D eigenvalue weighted by Gasteiger charge is -2.34. The Balaban J connectivity index is 2.21. The standard InChI is InChI=1S/C13H15BrClNO2/c14-11-5-4-9(7-12(11)17)13(18)16-6-2-1-3-10(16)8-15/h4-5,7,10,17H,1-3,6,8H2. The van der Waals surface area contributed by atoms with E-state index in [2.05, 4.69) is 15.9 Å². The minimum atomic E-state index is -0.0526. The second-order valence-electron chi connectivity index (χ2n) is 4.47. The van der Waals surface area contributed by atoms with Crippen LogP contribution in [0.15, 0.2) is 22.7 Å². The van der Waals surface area contributed by atoms with E-state index in [0.29, 0.717) is 15.9 Å². The monoisotopic (exact) mass is 331 g/mol. The normalized spacial score (nSPS) is 19.9. The highest BCUT2D eigenvalue weighted by atomic mass is 79.9. The molecule has 0 saturated carbocycles. The predicted molar refractivity (Wildman–Crippen MR) is 75.2 cm³/mol. The van der Waals surface area contributed by atoms with Crippen molar-refractivity contribution in [1.29, 1.82) is 0 Å². The molecule has 0 bridgehead atoms. The first kappa shape index (κ1) is 13.7. The van der Waals surface area contributed by atoms with Gasteiger partial charge in [-0.25, -0.2) is 0 Å². The molecule has 18 heavy (non-hydrogen) atoms. The van der Waals surface area contributed by atoms with Gasteiger partial charge >= 0.3 is 0 Å². The SMILES string of the molecule is O=C(c1ccc(Br)c(O)c1)N1CCCCC1CCl. The molecule has 3 nitrogen and oxygen atoms in total. The third-order valence-electron chi connectivity index (χ3n) is 3.26. The number of nitrogens with zero attached hydrogens (tertiary/aromatic N) is 1. The lowest BCUT2D eigenvalue weighted by Crippen LogP contribution is -2.44. The van der Waals surface area contributed by atoms with E-state index >= 15 is 0 Å². The molecular weight excluding hydrogens is 318 g/mol. The summed E-state index contributed by atoms with van der Waals surface area (Å²) in [4.78, 5) is 14.2. The van der Waals surface area contributed by atoms with Crippen LogP contribution in [-0.2, 0) is 0 Å². The summed E-state index contributed by atoms with van der Waals surface area (Å²) in [6, 6.07) is 5.00. The molecular formula is C13H15BrClNO2. The van der Waals surface area contributed by atoms with E-state index in [9.17, 15) is 9.90 Å². The number of hydrogen-bond donors (Lipinski definition) is 1. The van der Waals surface area contributed by atoms with Crippen LogP contribution in [0.25, 0.3) is 0 Å². The molecule has 1 unspecified atom stereocenters. The fourth-order valence-corrected chi connectivity index (χ4v) is 2.81. The lowest BCUT2D eigenvalue weighted by molar-refractivity contribution is 0.0638. The highest BCUT2D eigenvalue weighted by molar-refractivity contribution is 9.10. The Morgan fingerprint density at radius 2 is 2.28 bits per heavy atom. The maximum Gasteiger partial charge on any atom is 0.254 e. The maximum absolute atomic E-state index is 12.4. The van der Waals surface area contributed by atoms with Crippen molar-refractivity contribution in [2.45, 2.75) is 25.3 Å². The van der Waals surface area contributed by atoms with Crippen molar-refractivity contribution in [3.05, 3.63) is 28.2 Å². The summed E-state index contributed by atoms with van der Waals surface area (Å²) in [6.45, 7) is 0.743. The summed E-state index contributed by atoms with van der Waals surface area (Å²) in [7, 11) is 0. The van der Waals surface area contributed by atoms with E-state index in [1.807, 2.05) is 4.90 Å². The number of likely N-dealkylation sites (tertiary alicyclic amines) is 1. The number of rotatable bonds is 2. The van der Waals surface area contributed by atoms with Crippen molar-refractivity contribution in [3.63, 3.8) is 0 Å². The van der Waals surface area contributed by atoms with Crippen LogP contribution in [-0.4, -0.2) is 34.4 Å². The zero-order chi connectivity index (χ0) is 13.1. The minimum Gasteiger partial charge on any atom is -0.507 e. The molecule has 0 radical (unpaired) electrons. The third-order valence-corrected chi connectivity index (χ3v) is 4.29. The number of alkyl halides is 1. The van der Waals surface area contributed by atoms with Crippen molar-refractivity contribution >= 4 is 33.4 Å². The highest BCUT2D eigenvalue weighted by Gasteiger charge is 2.26. The number of carbonyl (C=O) groups is 1. The fraction of sp³-hybridized carbons (Fsp3) is 0.462. The molecule has 1 atom stereocenters. The summed E-state index contributed by atoms with van der Waals surface area (Å²) in [6.07, 6.45) is 3.09. The van der Waals surface area contributed by atoms with E-state index in [4.69, 9.17) is 11.6 Å². The minimum absolute atomic E-state index is 0.0526. The number of piperidine rings is 1. The van der Waals surface area contributed by atoms with Gasteiger partial charge in [-0.2, -0.15) is 0 Å². The van der Waals surface area contributed by atoms with Crippen molar-refractivity contribution in [3.8, 4) is 5.75 Å². The van der Waals surface area contributed by atoms with E-state index in [1.165, 1.54) is 6.07 Å². The molecule has 0 spiro atoms. The third kappa shape index (κ3) is 2.81. The van der Waals surface area contributed by atoms with Crippen LogP contribution < -0.4 is 0 Å². The summed E-state index contributed by atoms with van der Waals surface area (Å²) < 4.78 is 0.589. The second kappa shape index (κ2) is 5.93. The molecule has 1 fully saturated rings. The molecule has 1 aliphatic heterocycles. The number of amides is 1. The molecule has 98 valence electrons. The number of benzene rings is 1. The predicted octanol–water partition coefficient (Wildman–Crippen LogP) is 3.39. The first-order valence-electron chi connectivity index (χ1n) is 5.99. The van der Waals surface area contributed by atoms with Crippen molar-refractivity contribution < 1.29 is 9.90 Å². The number of phenolic OH excluding ortho intramolecular Hbond substituents is 1. The molecule has 0 aliphatic carbocycles. The second-order valence-corrected chi connectivity index (χ2v) is 5.63. The van der Waals surface area contributed by atoms with Crippen molar-refractivity contribution in [2.75, 3.05) is 12.4 Å². The van der Waals surface area contributed by atoms with Gasteiger partial charge in [-0.3, -0.25) is 4.79 Å². The zero-order valence-corrected chi connectivity index (χ0v) is 12.2. The Morgan fingerprint density at radius 3 is 2.94 bits per heavy atom. The molecule has 5 heteroatoms. The van der Waals surface area contributed by atoms with Gasteiger partial charge in [-0.1, -0.05) is 0 Å². The van der Waals surface area contributed by atoms with Gasteiger partial charge in [0, 0.05) is 24.0 Å². The largest absolute Gasteiger partial charge is 0.507 e. The van der Waals surface area contributed by atoms with Crippen molar-refractivity contribution in [2.24, 2.45) is 0 Å². The van der Waals surface area contributed by atoms with Gasteiger partial charge in [0.25, 0.3) is 5.91 Å². The maximum atomic E-state index is 12.4. The van der Waals surface area contributed by atoms with Crippen LogP contribution >= 0.6 is 27.5 Å². The summed E-state index contributed by atoms with van der Waals surface area (Å²) >= 11 is 9.12. The first-order chi connectivity index (χ1) is 8.63. The van der Waals surface area contributed by atoms with Crippen molar-refractivity contribution in [1.82, 2.24) is 4.90 Å². The fourth-order valence-electron chi connectivity index (χ4n) is 2.24. The number of phenols is 1. The number of aromatic hydroxyl groups is 1. The van der Waals surface area contributed by atoms with Crippen LogP contribution in [0, 0.1) is 0 Å². The Morgan fingerprint density at radius 1 is 1.50 bits per heavy atom. The van der Waals surface area contributed by atoms with Gasteiger partial charge in [0.2, 0.25) is 0 Å². The topological polar surface area (TPSA) is 40.5 Å². The molecule has 1 aromatic rings. The van der Waals surface area contributed by atoms with Crippen LogP contribution in [0.2, 0.25) is 0 Å². The van der Waals surface area contributed by atoms with Gasteiger partial charge in [0.1, 0.15) is 5.75 Å². The smallest absolute Gasteiger partial charge is 0.254 e. The number of carbonyl (C=O) groups excluding carboxylic acids is 1. The summed E-state index contributed by atoms with van der Waals surface area (Å²) in [5, 5.41) is 9.63. The molecule has 1 aromatic carbocycles. The van der Waals surface area contributed by atoms with Gasteiger partial charge in [0.15, 0.2) is 0 Å². The molecule has 2 rings (SSSR count).